The lowest BCUT2D eigenvalue weighted by atomic mass is 10.1. The average molecular weight is 405 g/mol. The maximum Gasteiger partial charge on any atom is 0.339 e. The van der Waals surface area contributed by atoms with E-state index < -0.39 is 22.0 Å². The topological polar surface area (TPSA) is 86.1 Å². The van der Waals surface area contributed by atoms with Gasteiger partial charge in [-0.2, -0.15) is 4.72 Å². The van der Waals surface area contributed by atoms with E-state index in [9.17, 15) is 13.2 Å². The highest BCUT2D eigenvalue weighted by atomic mass is 32.2. The molecule has 0 bridgehead atoms. The van der Waals surface area contributed by atoms with E-state index in [1.54, 1.807) is 12.1 Å². The molecular weight excluding hydrogens is 380 g/mol. The van der Waals surface area contributed by atoms with E-state index in [1.807, 2.05) is 30.3 Å². The van der Waals surface area contributed by atoms with Crippen LogP contribution in [0.2, 0.25) is 0 Å². The highest BCUT2D eigenvalue weighted by molar-refractivity contribution is 7.89. The Balaban J connectivity index is 1.90. The molecule has 0 aliphatic carbocycles. The summed E-state index contributed by atoms with van der Waals surface area (Å²) in [6.45, 7) is 3.56. The summed E-state index contributed by atoms with van der Waals surface area (Å²) in [7, 11) is -2.71. The molecule has 150 valence electrons. The fraction of sp³-hybridized carbons (Fsp3) is 0.350. The van der Waals surface area contributed by atoms with Crippen molar-refractivity contribution in [2.45, 2.75) is 10.9 Å². The molecule has 0 amide bonds. The van der Waals surface area contributed by atoms with Crippen LogP contribution < -0.4 is 9.62 Å². The first-order valence-electron chi connectivity index (χ1n) is 9.17. The molecule has 1 atom stereocenters. The lowest BCUT2D eigenvalue weighted by molar-refractivity contribution is -0.909. The summed E-state index contributed by atoms with van der Waals surface area (Å²) in [4.78, 5) is 13.2. The minimum Gasteiger partial charge on any atom is -0.465 e. The molecule has 0 spiro atoms. The molecule has 1 fully saturated rings. The zero-order chi connectivity index (χ0) is 20.0. The minimum atomic E-state index is -3.94. The van der Waals surface area contributed by atoms with Crippen molar-refractivity contribution in [2.24, 2.45) is 0 Å². The zero-order valence-electron chi connectivity index (χ0n) is 15.8. The van der Waals surface area contributed by atoms with Gasteiger partial charge in [0.2, 0.25) is 10.0 Å². The molecule has 0 aromatic heterocycles. The molecule has 1 saturated heterocycles. The molecule has 0 radical (unpaired) electrons. The smallest absolute Gasteiger partial charge is 0.339 e. The van der Waals surface area contributed by atoms with Crippen LogP contribution in [-0.2, 0) is 19.5 Å². The van der Waals surface area contributed by atoms with Crippen LogP contribution in [0.3, 0.4) is 0 Å². The van der Waals surface area contributed by atoms with E-state index >= 15 is 0 Å². The van der Waals surface area contributed by atoms with Crippen LogP contribution >= 0.6 is 0 Å². The van der Waals surface area contributed by atoms with E-state index in [4.69, 9.17) is 9.47 Å². The molecule has 8 heteroatoms. The van der Waals surface area contributed by atoms with E-state index in [0.29, 0.717) is 19.8 Å². The number of sulfonamides is 1. The van der Waals surface area contributed by atoms with Crippen LogP contribution in [0.4, 0.5) is 0 Å². The maximum atomic E-state index is 13.1. The third kappa shape index (κ3) is 4.96. The Morgan fingerprint density at radius 1 is 1.11 bits per heavy atom. The highest BCUT2D eigenvalue weighted by Gasteiger charge is 2.29. The van der Waals surface area contributed by atoms with Gasteiger partial charge >= 0.3 is 5.97 Å². The lowest BCUT2D eigenvalue weighted by Gasteiger charge is -2.28. The summed E-state index contributed by atoms with van der Waals surface area (Å²) in [6, 6.07) is 15.1. The zero-order valence-corrected chi connectivity index (χ0v) is 16.6. The average Bonchev–Trinajstić information content (AvgIpc) is 2.74. The number of esters is 1. The maximum absolute atomic E-state index is 13.1. The van der Waals surface area contributed by atoms with Crippen molar-refractivity contribution in [1.82, 2.24) is 4.72 Å². The largest absolute Gasteiger partial charge is 0.465 e. The summed E-state index contributed by atoms with van der Waals surface area (Å²) in [5, 5.41) is 0. The third-order valence-corrected chi connectivity index (χ3v) is 6.30. The first kappa shape index (κ1) is 20.5. The second kappa shape index (κ2) is 9.29. The number of nitrogens with one attached hydrogen (secondary N) is 2. The van der Waals surface area contributed by atoms with Gasteiger partial charge in [-0.25, -0.2) is 13.2 Å². The Morgan fingerprint density at radius 3 is 2.43 bits per heavy atom. The first-order chi connectivity index (χ1) is 13.5. The lowest BCUT2D eigenvalue weighted by Crippen LogP contribution is -3.14. The van der Waals surface area contributed by atoms with Crippen molar-refractivity contribution in [1.29, 1.82) is 0 Å². The Morgan fingerprint density at radius 2 is 1.75 bits per heavy atom. The Labute approximate surface area is 165 Å². The Hall–Kier alpha value is -2.26. The van der Waals surface area contributed by atoms with Crippen LogP contribution in [0, 0.1) is 0 Å². The molecular formula is C20H25N2O5S+. The number of benzene rings is 2. The van der Waals surface area contributed by atoms with Crippen molar-refractivity contribution in [3.8, 4) is 0 Å². The summed E-state index contributed by atoms with van der Waals surface area (Å²) in [6.07, 6.45) is 0. The van der Waals surface area contributed by atoms with Crippen molar-refractivity contribution in [3.63, 3.8) is 0 Å². The number of hydrogen-bond donors (Lipinski definition) is 2. The molecule has 1 aliphatic rings. The Bertz CT molecular complexity index is 896. The number of ether oxygens (including phenoxy) is 2. The number of morpholine rings is 1. The number of carbonyl (C=O) groups excluding carboxylic acids is 1. The standard InChI is InChI=1S/C20H24N2O5S/c1-26-20(23)17-9-5-6-10-19(17)28(24,25)21-18(16-7-3-2-4-8-16)15-22-11-13-27-14-12-22/h2-10,18,21H,11-15H2,1H3/p+1/t18-/m0/s1. The Kier molecular flexibility index (Phi) is 6.79. The molecule has 2 aromatic rings. The van der Waals surface area contributed by atoms with Crippen molar-refractivity contribution < 1.29 is 27.6 Å². The molecule has 0 unspecified atom stereocenters. The molecule has 1 heterocycles. The second-order valence-corrected chi connectivity index (χ2v) is 8.32. The van der Waals surface area contributed by atoms with Crippen molar-refractivity contribution in [3.05, 3.63) is 65.7 Å². The van der Waals surface area contributed by atoms with Crippen molar-refractivity contribution in [2.75, 3.05) is 40.0 Å². The van der Waals surface area contributed by atoms with Gasteiger partial charge in [-0.05, 0) is 17.7 Å². The van der Waals surface area contributed by atoms with E-state index in [1.165, 1.54) is 24.1 Å². The first-order valence-corrected chi connectivity index (χ1v) is 10.7. The van der Waals surface area contributed by atoms with Crippen LogP contribution in [0.25, 0.3) is 0 Å². The summed E-state index contributed by atoms with van der Waals surface area (Å²) in [5.74, 6) is -0.684. The van der Waals surface area contributed by atoms with E-state index in [-0.39, 0.29) is 10.5 Å². The van der Waals surface area contributed by atoms with Crippen LogP contribution in [0.1, 0.15) is 22.0 Å². The second-order valence-electron chi connectivity index (χ2n) is 6.64. The van der Waals surface area contributed by atoms with Gasteiger partial charge < -0.3 is 14.4 Å². The predicted octanol–water partition coefficient (Wildman–Crippen LogP) is 0.408. The SMILES string of the molecule is COC(=O)c1ccccc1S(=O)(=O)N[C@@H](C[NH+]1CCOCC1)c1ccccc1. The fourth-order valence-electron chi connectivity index (χ4n) is 3.30. The molecule has 1 aliphatic heterocycles. The summed E-state index contributed by atoms with van der Waals surface area (Å²) in [5.41, 5.74) is 0.892. The summed E-state index contributed by atoms with van der Waals surface area (Å²) < 4.78 is 39.2. The van der Waals surface area contributed by atoms with Gasteiger partial charge in [0, 0.05) is 0 Å². The van der Waals surface area contributed by atoms with Gasteiger partial charge in [0.1, 0.15) is 13.1 Å². The number of quaternary nitrogens is 1. The molecule has 7 nitrogen and oxygen atoms in total. The van der Waals surface area contributed by atoms with Gasteiger partial charge in [0.15, 0.2) is 0 Å². The summed E-state index contributed by atoms with van der Waals surface area (Å²) >= 11 is 0. The van der Waals surface area contributed by atoms with Crippen LogP contribution in [0.15, 0.2) is 59.5 Å². The number of carbonyl (C=O) groups is 1. The van der Waals surface area contributed by atoms with E-state index in [2.05, 4.69) is 4.72 Å². The van der Waals surface area contributed by atoms with Gasteiger partial charge in [-0.1, -0.05) is 42.5 Å². The van der Waals surface area contributed by atoms with Crippen LogP contribution in [0.5, 0.6) is 0 Å². The quantitative estimate of drug-likeness (QED) is 0.652. The fourth-order valence-corrected chi connectivity index (χ4v) is 4.72. The van der Waals surface area contributed by atoms with Gasteiger partial charge in [-0.3, -0.25) is 0 Å². The minimum absolute atomic E-state index is 0.0167. The highest BCUT2D eigenvalue weighted by Crippen LogP contribution is 2.20. The normalized spacial score (nSPS) is 16.5. The number of methoxy groups -OCH3 is 1. The molecule has 28 heavy (non-hydrogen) atoms. The molecule has 0 saturated carbocycles. The van der Waals surface area contributed by atoms with Gasteiger partial charge in [0.05, 0.1) is 43.4 Å². The third-order valence-electron chi connectivity index (χ3n) is 4.77. The predicted molar refractivity (Wildman–Crippen MR) is 104 cm³/mol. The van der Waals surface area contributed by atoms with Gasteiger partial charge in [0.25, 0.3) is 0 Å². The van der Waals surface area contributed by atoms with Crippen molar-refractivity contribution >= 4 is 16.0 Å². The monoisotopic (exact) mass is 405 g/mol. The van der Waals surface area contributed by atoms with Gasteiger partial charge in [-0.15, -0.1) is 0 Å². The molecule has 2 aromatic carbocycles. The molecule has 3 rings (SSSR count). The number of rotatable bonds is 7. The van der Waals surface area contributed by atoms with E-state index in [0.717, 1.165) is 18.7 Å². The van der Waals surface area contributed by atoms with Crippen LogP contribution in [-0.4, -0.2) is 54.3 Å². The molecule has 2 N–H and O–H groups in total. The number of hydrogen-bond acceptors (Lipinski definition) is 5.